The maximum atomic E-state index is 11.8. The van der Waals surface area contributed by atoms with E-state index in [4.69, 9.17) is 21.3 Å². The molecule has 1 heterocycles. The fraction of sp³-hybridized carbons (Fsp3) is 0.154. The second-order valence-electron chi connectivity index (χ2n) is 3.86. The summed E-state index contributed by atoms with van der Waals surface area (Å²) >= 11 is 5.86. The van der Waals surface area contributed by atoms with Crippen molar-refractivity contribution in [2.45, 2.75) is 6.92 Å². The topological polar surface area (TPSA) is 74.3 Å². The highest BCUT2D eigenvalue weighted by atomic mass is 35.5. The average Bonchev–Trinajstić information content (AvgIpc) is 2.35. The van der Waals surface area contributed by atoms with Crippen molar-refractivity contribution in [1.29, 1.82) is 5.26 Å². The minimum Gasteiger partial charge on any atom is -0.421 e. The first kappa shape index (κ1) is 13.1. The lowest BCUT2D eigenvalue weighted by molar-refractivity contribution is -0.116. The van der Waals surface area contributed by atoms with Crippen LogP contribution in [-0.4, -0.2) is 12.5 Å². The number of rotatable bonds is 2. The Kier molecular flexibility index (Phi) is 3.54. The zero-order valence-corrected chi connectivity index (χ0v) is 10.8. The second kappa shape index (κ2) is 5.12. The maximum absolute atomic E-state index is 11.8. The highest BCUT2D eigenvalue weighted by Gasteiger charge is 2.16. The van der Waals surface area contributed by atoms with Gasteiger partial charge in [0.1, 0.15) is 17.8 Å². The SMILES string of the molecule is CC(=O)N(CC#N)c1cc2cc(Cl)ccc2oc1=O. The molecule has 0 atom stereocenters. The molecule has 1 aromatic heterocycles. The number of halogens is 1. The summed E-state index contributed by atoms with van der Waals surface area (Å²) in [6.07, 6.45) is 0. The van der Waals surface area contributed by atoms with Crippen molar-refractivity contribution in [3.8, 4) is 6.07 Å². The first-order chi connectivity index (χ1) is 9.02. The monoisotopic (exact) mass is 276 g/mol. The molecule has 0 radical (unpaired) electrons. The smallest absolute Gasteiger partial charge is 0.360 e. The van der Waals surface area contributed by atoms with Crippen LogP contribution in [-0.2, 0) is 4.79 Å². The van der Waals surface area contributed by atoms with E-state index >= 15 is 0 Å². The summed E-state index contributed by atoms with van der Waals surface area (Å²) in [5.41, 5.74) is -0.261. The molecular weight excluding hydrogens is 268 g/mol. The Morgan fingerprint density at radius 1 is 1.47 bits per heavy atom. The molecule has 1 amide bonds. The van der Waals surface area contributed by atoms with Gasteiger partial charge in [-0.25, -0.2) is 4.79 Å². The van der Waals surface area contributed by atoms with Gasteiger partial charge in [0.15, 0.2) is 0 Å². The Hall–Kier alpha value is -2.32. The Balaban J connectivity index is 2.66. The van der Waals surface area contributed by atoms with Crippen molar-refractivity contribution in [2.75, 3.05) is 11.4 Å². The minimum atomic E-state index is -0.666. The van der Waals surface area contributed by atoms with Crippen LogP contribution in [0, 0.1) is 11.3 Å². The van der Waals surface area contributed by atoms with E-state index in [0.717, 1.165) is 4.90 Å². The van der Waals surface area contributed by atoms with Crippen LogP contribution >= 0.6 is 11.6 Å². The number of hydrogen-bond donors (Lipinski definition) is 0. The van der Waals surface area contributed by atoms with E-state index in [-0.39, 0.29) is 12.2 Å². The van der Waals surface area contributed by atoms with Gasteiger partial charge in [0.2, 0.25) is 5.91 Å². The van der Waals surface area contributed by atoms with Crippen molar-refractivity contribution in [2.24, 2.45) is 0 Å². The predicted molar refractivity (Wildman–Crippen MR) is 71.1 cm³/mol. The molecule has 96 valence electrons. The van der Waals surface area contributed by atoms with Gasteiger partial charge < -0.3 is 4.42 Å². The van der Waals surface area contributed by atoms with E-state index in [2.05, 4.69) is 0 Å². The molecule has 0 saturated heterocycles. The molecule has 0 aliphatic rings. The third kappa shape index (κ3) is 2.59. The quantitative estimate of drug-likeness (QED) is 0.623. The van der Waals surface area contributed by atoms with Crippen LogP contribution in [0.15, 0.2) is 33.5 Å². The summed E-state index contributed by atoms with van der Waals surface area (Å²) in [7, 11) is 0. The van der Waals surface area contributed by atoms with Gasteiger partial charge in [0.25, 0.3) is 0 Å². The molecule has 2 aromatic rings. The Labute approximate surface area is 113 Å². The van der Waals surface area contributed by atoms with E-state index in [0.29, 0.717) is 16.0 Å². The van der Waals surface area contributed by atoms with Crippen molar-refractivity contribution in [1.82, 2.24) is 0 Å². The number of hydrogen-bond acceptors (Lipinski definition) is 4. The van der Waals surface area contributed by atoms with E-state index in [1.165, 1.54) is 13.0 Å². The van der Waals surface area contributed by atoms with E-state index in [1.54, 1.807) is 18.2 Å². The molecule has 19 heavy (non-hydrogen) atoms. The number of nitriles is 1. The molecule has 2 rings (SSSR count). The van der Waals surface area contributed by atoms with Crippen molar-refractivity contribution in [3.05, 3.63) is 39.7 Å². The number of carbonyl (C=O) groups excluding carboxylic acids is 1. The standard InChI is InChI=1S/C13H9ClN2O3/c1-8(17)16(5-4-15)11-7-9-6-10(14)2-3-12(9)19-13(11)18/h2-3,6-7H,5H2,1H3. The summed E-state index contributed by atoms with van der Waals surface area (Å²) in [6, 6.07) is 8.12. The normalized spacial score (nSPS) is 10.2. The zero-order valence-electron chi connectivity index (χ0n) is 10.0. The second-order valence-corrected chi connectivity index (χ2v) is 4.30. The lowest BCUT2D eigenvalue weighted by Crippen LogP contribution is -2.32. The van der Waals surface area contributed by atoms with Gasteiger partial charge in [0, 0.05) is 17.3 Å². The summed E-state index contributed by atoms with van der Waals surface area (Å²) < 4.78 is 5.11. The lowest BCUT2D eigenvalue weighted by Gasteiger charge is -2.16. The first-order valence-corrected chi connectivity index (χ1v) is 5.79. The number of carbonyl (C=O) groups is 1. The van der Waals surface area contributed by atoms with Gasteiger partial charge in [-0.3, -0.25) is 9.69 Å². The van der Waals surface area contributed by atoms with Crippen molar-refractivity contribution in [3.63, 3.8) is 0 Å². The molecule has 0 bridgehead atoms. The van der Waals surface area contributed by atoms with Crippen LogP contribution < -0.4 is 10.5 Å². The zero-order chi connectivity index (χ0) is 14.0. The number of amides is 1. The van der Waals surface area contributed by atoms with Crippen LogP contribution in [0.2, 0.25) is 5.02 Å². The van der Waals surface area contributed by atoms with Crippen LogP contribution in [0.4, 0.5) is 5.69 Å². The van der Waals surface area contributed by atoms with E-state index in [9.17, 15) is 9.59 Å². The highest BCUT2D eigenvalue weighted by molar-refractivity contribution is 6.31. The third-order valence-corrected chi connectivity index (χ3v) is 2.81. The number of fused-ring (bicyclic) bond motifs is 1. The van der Waals surface area contributed by atoms with Crippen LogP contribution in [0.1, 0.15) is 6.92 Å². The molecule has 6 heteroatoms. The third-order valence-electron chi connectivity index (χ3n) is 2.58. The number of nitrogens with zero attached hydrogens (tertiary/aromatic N) is 2. The molecule has 0 aliphatic carbocycles. The molecule has 0 spiro atoms. The van der Waals surface area contributed by atoms with Gasteiger partial charge in [-0.15, -0.1) is 0 Å². The largest absolute Gasteiger partial charge is 0.421 e. The highest BCUT2D eigenvalue weighted by Crippen LogP contribution is 2.22. The fourth-order valence-corrected chi connectivity index (χ4v) is 1.89. The van der Waals surface area contributed by atoms with Crippen LogP contribution in [0.5, 0.6) is 0 Å². The predicted octanol–water partition coefficient (Wildman–Crippen LogP) is 2.32. The summed E-state index contributed by atoms with van der Waals surface area (Å²) in [4.78, 5) is 24.4. The molecule has 0 saturated carbocycles. The van der Waals surface area contributed by atoms with E-state index < -0.39 is 11.5 Å². The first-order valence-electron chi connectivity index (χ1n) is 5.41. The van der Waals surface area contributed by atoms with Crippen LogP contribution in [0.3, 0.4) is 0 Å². The van der Waals surface area contributed by atoms with E-state index in [1.807, 2.05) is 6.07 Å². The molecule has 1 aromatic carbocycles. The lowest BCUT2D eigenvalue weighted by atomic mass is 10.2. The maximum Gasteiger partial charge on any atom is 0.360 e. The number of anilines is 1. The Bertz CT molecular complexity index is 746. The molecule has 0 aliphatic heterocycles. The summed E-state index contributed by atoms with van der Waals surface area (Å²) in [6.45, 7) is 1.06. The Morgan fingerprint density at radius 2 is 2.21 bits per heavy atom. The molecule has 0 fully saturated rings. The molecule has 5 nitrogen and oxygen atoms in total. The van der Waals surface area contributed by atoms with Gasteiger partial charge in [-0.05, 0) is 24.3 Å². The summed E-state index contributed by atoms with van der Waals surface area (Å²) in [5.74, 6) is -0.407. The summed E-state index contributed by atoms with van der Waals surface area (Å²) in [5, 5.41) is 9.77. The van der Waals surface area contributed by atoms with Crippen molar-refractivity contribution >= 4 is 34.2 Å². The molecule has 0 unspecified atom stereocenters. The minimum absolute atomic E-state index is 0.0313. The van der Waals surface area contributed by atoms with Gasteiger partial charge in [0.05, 0.1) is 6.07 Å². The van der Waals surface area contributed by atoms with Gasteiger partial charge >= 0.3 is 5.63 Å². The molecular formula is C13H9ClN2O3. The van der Waals surface area contributed by atoms with Gasteiger partial charge in [-0.1, -0.05) is 11.6 Å². The average molecular weight is 277 g/mol. The van der Waals surface area contributed by atoms with Crippen LogP contribution in [0.25, 0.3) is 11.0 Å². The Morgan fingerprint density at radius 3 is 2.84 bits per heavy atom. The fourth-order valence-electron chi connectivity index (χ4n) is 1.71. The van der Waals surface area contributed by atoms with Gasteiger partial charge in [-0.2, -0.15) is 5.26 Å². The number of benzene rings is 1. The van der Waals surface area contributed by atoms with Crippen molar-refractivity contribution < 1.29 is 9.21 Å². The molecule has 0 N–H and O–H groups in total.